The lowest BCUT2D eigenvalue weighted by Crippen LogP contribution is -2.23. The first-order valence-electron chi connectivity index (χ1n) is 7.61. The van der Waals surface area contributed by atoms with Gasteiger partial charge in [0.2, 0.25) is 15.8 Å². The molecule has 0 amide bonds. The van der Waals surface area contributed by atoms with Gasteiger partial charge in [-0.15, -0.1) is 23.7 Å². The number of aromatic nitrogens is 2. The third-order valence-corrected chi connectivity index (χ3v) is 5.34. The van der Waals surface area contributed by atoms with E-state index in [1.807, 2.05) is 36.4 Å². The summed E-state index contributed by atoms with van der Waals surface area (Å²) in [6.45, 7) is 0.852. The van der Waals surface area contributed by atoms with E-state index in [0.717, 1.165) is 27.1 Å². The Kier molecular flexibility index (Phi) is 6.90. The first kappa shape index (κ1) is 20.5. The minimum Gasteiger partial charge on any atom is -0.333 e. The monoisotopic (exact) mass is 414 g/mol. The lowest BCUT2D eigenvalue weighted by atomic mass is 10.1. The van der Waals surface area contributed by atoms with Crippen molar-refractivity contribution in [2.24, 2.45) is 5.73 Å². The van der Waals surface area contributed by atoms with Crippen LogP contribution in [0.1, 0.15) is 10.4 Å². The van der Waals surface area contributed by atoms with Crippen molar-refractivity contribution in [1.29, 1.82) is 0 Å². The Labute approximate surface area is 162 Å². The minimum absolute atomic E-state index is 0. The molecule has 3 aromatic rings. The van der Waals surface area contributed by atoms with E-state index in [1.165, 1.54) is 11.3 Å². The second-order valence-corrected chi connectivity index (χ2v) is 8.51. The van der Waals surface area contributed by atoms with Crippen molar-refractivity contribution in [3.63, 3.8) is 0 Å². The fourth-order valence-electron chi connectivity index (χ4n) is 2.22. The molecule has 2 heterocycles. The van der Waals surface area contributed by atoms with Gasteiger partial charge in [-0.3, -0.25) is 0 Å². The Balaban J connectivity index is 0.00000243. The molecule has 2 aromatic heterocycles. The van der Waals surface area contributed by atoms with Crippen molar-refractivity contribution in [3.8, 4) is 22.2 Å². The molecule has 7 nitrogen and oxygen atoms in total. The van der Waals surface area contributed by atoms with Crippen LogP contribution >= 0.6 is 23.7 Å². The number of thiophene rings is 1. The fraction of sp³-hybridized carbons (Fsp3) is 0.250. The maximum atomic E-state index is 11.1. The lowest BCUT2D eigenvalue weighted by Gasteiger charge is -1.99. The van der Waals surface area contributed by atoms with Gasteiger partial charge in [0.1, 0.15) is 0 Å². The van der Waals surface area contributed by atoms with E-state index in [2.05, 4.69) is 14.9 Å². The second-order valence-electron chi connectivity index (χ2n) is 5.51. The van der Waals surface area contributed by atoms with Crippen LogP contribution in [0, 0.1) is 0 Å². The molecule has 0 bridgehead atoms. The Bertz CT molecular complexity index is 952. The van der Waals surface area contributed by atoms with Crippen molar-refractivity contribution >= 4 is 33.8 Å². The SMILES string of the molecule is CS(=O)(=O)NCCc1ccc(-c2nc(-c3ccc(CN)cc3)no2)s1.Cl. The molecule has 0 radical (unpaired) electrons. The van der Waals surface area contributed by atoms with Gasteiger partial charge in [0, 0.05) is 23.5 Å². The zero-order valence-corrected chi connectivity index (χ0v) is 16.5. The molecule has 140 valence electrons. The van der Waals surface area contributed by atoms with Gasteiger partial charge in [0.15, 0.2) is 0 Å². The average molecular weight is 415 g/mol. The third-order valence-electron chi connectivity index (χ3n) is 3.48. The van der Waals surface area contributed by atoms with E-state index in [0.29, 0.717) is 31.2 Å². The number of nitrogens with one attached hydrogen (secondary N) is 1. The molecule has 0 aliphatic rings. The molecule has 0 fully saturated rings. The third kappa shape index (κ3) is 5.36. The summed E-state index contributed by atoms with van der Waals surface area (Å²) in [4.78, 5) is 6.32. The van der Waals surface area contributed by atoms with Crippen LogP contribution in [0.25, 0.3) is 22.2 Å². The van der Waals surface area contributed by atoms with Crippen molar-refractivity contribution in [2.75, 3.05) is 12.8 Å². The smallest absolute Gasteiger partial charge is 0.268 e. The number of hydrogen-bond donors (Lipinski definition) is 2. The summed E-state index contributed by atoms with van der Waals surface area (Å²) >= 11 is 1.50. The van der Waals surface area contributed by atoms with E-state index in [4.69, 9.17) is 10.3 Å². The highest BCUT2D eigenvalue weighted by Gasteiger charge is 2.13. The summed E-state index contributed by atoms with van der Waals surface area (Å²) in [5, 5.41) is 4.02. The highest BCUT2D eigenvalue weighted by Crippen LogP contribution is 2.28. The van der Waals surface area contributed by atoms with Crippen LogP contribution in [0.2, 0.25) is 0 Å². The Morgan fingerprint density at radius 1 is 1.19 bits per heavy atom. The van der Waals surface area contributed by atoms with Crippen LogP contribution in [0.3, 0.4) is 0 Å². The zero-order valence-electron chi connectivity index (χ0n) is 14.0. The van der Waals surface area contributed by atoms with E-state index in [-0.39, 0.29) is 12.4 Å². The van der Waals surface area contributed by atoms with Crippen molar-refractivity contribution < 1.29 is 12.9 Å². The molecule has 10 heteroatoms. The standard InChI is InChI=1S/C16H18N4O3S2.ClH/c1-25(21,22)18-9-8-13-6-7-14(24-13)16-19-15(20-23-16)12-4-2-11(10-17)3-5-12;/h2-7,18H,8-10,17H2,1H3;1H. The maximum absolute atomic E-state index is 11.1. The summed E-state index contributed by atoms with van der Waals surface area (Å²) in [5.74, 6) is 0.970. The zero-order chi connectivity index (χ0) is 17.9. The van der Waals surface area contributed by atoms with Crippen molar-refractivity contribution in [3.05, 3.63) is 46.8 Å². The Morgan fingerprint density at radius 3 is 2.58 bits per heavy atom. The van der Waals surface area contributed by atoms with Crippen LogP contribution in [0.4, 0.5) is 0 Å². The summed E-state index contributed by atoms with van der Waals surface area (Å²) in [6, 6.07) is 11.5. The Hall–Kier alpha value is -1.78. The topological polar surface area (TPSA) is 111 Å². The van der Waals surface area contributed by atoms with Gasteiger partial charge in [0.05, 0.1) is 11.1 Å². The van der Waals surface area contributed by atoms with Gasteiger partial charge < -0.3 is 10.3 Å². The van der Waals surface area contributed by atoms with Crippen LogP contribution in [-0.4, -0.2) is 31.4 Å². The molecule has 1 aromatic carbocycles. The quantitative estimate of drug-likeness (QED) is 0.614. The van der Waals surface area contributed by atoms with E-state index < -0.39 is 10.0 Å². The highest BCUT2D eigenvalue weighted by molar-refractivity contribution is 7.88. The maximum Gasteiger partial charge on any atom is 0.268 e. The Morgan fingerprint density at radius 2 is 1.92 bits per heavy atom. The lowest BCUT2D eigenvalue weighted by molar-refractivity contribution is 0.433. The molecule has 0 saturated carbocycles. The molecule has 0 atom stereocenters. The van der Waals surface area contributed by atoms with Gasteiger partial charge in [-0.1, -0.05) is 29.4 Å². The van der Waals surface area contributed by atoms with E-state index in [9.17, 15) is 8.42 Å². The predicted molar refractivity (Wildman–Crippen MR) is 105 cm³/mol. The number of hydrogen-bond acceptors (Lipinski definition) is 7. The van der Waals surface area contributed by atoms with Gasteiger partial charge in [-0.25, -0.2) is 13.1 Å². The molecule has 0 aliphatic heterocycles. The van der Waals surface area contributed by atoms with E-state index >= 15 is 0 Å². The van der Waals surface area contributed by atoms with Crippen LogP contribution in [0.5, 0.6) is 0 Å². The normalized spacial score (nSPS) is 11.3. The summed E-state index contributed by atoms with van der Waals surface area (Å²) in [6.07, 6.45) is 1.76. The van der Waals surface area contributed by atoms with Crippen LogP contribution in [-0.2, 0) is 23.0 Å². The van der Waals surface area contributed by atoms with Crippen molar-refractivity contribution in [2.45, 2.75) is 13.0 Å². The first-order chi connectivity index (χ1) is 11.9. The number of sulfonamides is 1. The minimum atomic E-state index is -3.17. The predicted octanol–water partition coefficient (Wildman–Crippen LogP) is 2.44. The molecule has 0 unspecified atom stereocenters. The van der Waals surface area contributed by atoms with Crippen LogP contribution in [0.15, 0.2) is 40.9 Å². The molecule has 0 spiro atoms. The largest absolute Gasteiger partial charge is 0.333 e. The number of benzene rings is 1. The number of rotatable bonds is 7. The molecule has 3 rings (SSSR count). The van der Waals surface area contributed by atoms with Gasteiger partial charge in [-0.05, 0) is 24.1 Å². The van der Waals surface area contributed by atoms with Gasteiger partial charge >= 0.3 is 0 Å². The van der Waals surface area contributed by atoms with E-state index in [1.54, 1.807) is 0 Å². The number of nitrogens with zero attached hydrogens (tertiary/aromatic N) is 2. The van der Waals surface area contributed by atoms with Gasteiger partial charge in [0.25, 0.3) is 5.89 Å². The summed E-state index contributed by atoms with van der Waals surface area (Å²) in [7, 11) is -3.17. The summed E-state index contributed by atoms with van der Waals surface area (Å²) in [5.41, 5.74) is 7.50. The average Bonchev–Trinajstić information content (AvgIpc) is 3.23. The number of nitrogens with two attached hydrogens (primary N) is 1. The van der Waals surface area contributed by atoms with Crippen molar-refractivity contribution in [1.82, 2.24) is 14.9 Å². The molecule has 0 saturated heterocycles. The first-order valence-corrected chi connectivity index (χ1v) is 10.3. The molecule has 26 heavy (non-hydrogen) atoms. The van der Waals surface area contributed by atoms with Crippen LogP contribution < -0.4 is 10.5 Å². The van der Waals surface area contributed by atoms with Gasteiger partial charge in [-0.2, -0.15) is 4.98 Å². The fourth-order valence-corrected chi connectivity index (χ4v) is 3.62. The molecule has 3 N–H and O–H groups in total. The second kappa shape index (κ2) is 8.74. The molecular weight excluding hydrogens is 396 g/mol. The summed E-state index contributed by atoms with van der Waals surface area (Å²) < 4.78 is 30.0. The molecule has 0 aliphatic carbocycles. The highest BCUT2D eigenvalue weighted by atomic mass is 35.5. The number of halogens is 1. The molecular formula is C16H19ClN4O3S2.